The van der Waals surface area contributed by atoms with Gasteiger partial charge in [-0.3, -0.25) is 0 Å². The molecular weight excluding hydrogens is 280 g/mol. The van der Waals surface area contributed by atoms with Crippen LogP contribution < -0.4 is 0 Å². The molecule has 0 saturated heterocycles. The second-order valence-electron chi connectivity index (χ2n) is 4.23. The molecule has 17 heavy (non-hydrogen) atoms. The van der Waals surface area contributed by atoms with Crippen LogP contribution in [0.4, 0.5) is 0 Å². The highest BCUT2D eigenvalue weighted by Gasteiger charge is 2.35. The van der Waals surface area contributed by atoms with Gasteiger partial charge in [0.15, 0.2) is 0 Å². The van der Waals surface area contributed by atoms with Gasteiger partial charge in [0.25, 0.3) is 0 Å². The summed E-state index contributed by atoms with van der Waals surface area (Å²) in [6.07, 6.45) is 7.81. The zero-order valence-electron chi connectivity index (χ0n) is 9.38. The fourth-order valence-electron chi connectivity index (χ4n) is 2.07. The number of hydrogen-bond acceptors (Lipinski definition) is 2. The highest BCUT2D eigenvalue weighted by molar-refractivity contribution is 9.10. The van der Waals surface area contributed by atoms with Crippen LogP contribution in [0.5, 0.6) is 0 Å². The van der Waals surface area contributed by atoms with E-state index in [4.69, 9.17) is 0 Å². The van der Waals surface area contributed by atoms with Crippen molar-refractivity contribution in [2.45, 2.75) is 12.5 Å². The van der Waals surface area contributed by atoms with Gasteiger partial charge in [-0.15, -0.1) is 0 Å². The summed E-state index contributed by atoms with van der Waals surface area (Å²) in [7, 11) is 0. The molecule has 1 aliphatic rings. The van der Waals surface area contributed by atoms with Crippen LogP contribution in [-0.4, -0.2) is 16.8 Å². The molecule has 0 amide bonds. The third kappa shape index (κ3) is 2.37. The molecule has 3 heteroatoms. The largest absolute Gasteiger partial charge is 0.395 e. The predicted octanol–water partition coefficient (Wildman–Crippen LogP) is 2.98. The number of allylic oxidation sites excluding steroid dienone is 2. The Kier molecular flexibility index (Phi) is 3.82. The third-order valence-electron chi connectivity index (χ3n) is 3.11. The van der Waals surface area contributed by atoms with E-state index in [0.29, 0.717) is 0 Å². The van der Waals surface area contributed by atoms with Crippen LogP contribution >= 0.6 is 15.9 Å². The maximum atomic E-state index is 10.5. The van der Waals surface area contributed by atoms with Gasteiger partial charge >= 0.3 is 0 Å². The minimum absolute atomic E-state index is 0.109. The lowest BCUT2D eigenvalue weighted by molar-refractivity contribution is 0.0442. The van der Waals surface area contributed by atoms with E-state index in [1.165, 1.54) is 0 Å². The zero-order chi connectivity index (χ0) is 12.3. The quantitative estimate of drug-likeness (QED) is 0.842. The molecule has 1 aromatic rings. The SMILES string of the molecule is OCC1([C@H](O)c2ccccc2Br)C=CCC=C1. The summed E-state index contributed by atoms with van der Waals surface area (Å²) in [6.45, 7) is -0.109. The highest BCUT2D eigenvalue weighted by Crippen LogP contribution is 2.40. The van der Waals surface area contributed by atoms with E-state index < -0.39 is 11.5 Å². The summed E-state index contributed by atoms with van der Waals surface area (Å²) < 4.78 is 0.854. The van der Waals surface area contributed by atoms with Crippen molar-refractivity contribution in [1.29, 1.82) is 0 Å². The molecule has 0 spiro atoms. The van der Waals surface area contributed by atoms with Crippen molar-refractivity contribution in [2.24, 2.45) is 5.41 Å². The van der Waals surface area contributed by atoms with Gasteiger partial charge in [0.2, 0.25) is 0 Å². The first-order chi connectivity index (χ1) is 8.19. The molecule has 2 rings (SSSR count). The highest BCUT2D eigenvalue weighted by atomic mass is 79.9. The average molecular weight is 295 g/mol. The average Bonchev–Trinajstić information content (AvgIpc) is 2.39. The summed E-state index contributed by atoms with van der Waals surface area (Å²) in [5, 5.41) is 20.1. The molecule has 1 aliphatic carbocycles. The van der Waals surface area contributed by atoms with E-state index in [9.17, 15) is 10.2 Å². The van der Waals surface area contributed by atoms with Crippen LogP contribution in [-0.2, 0) is 0 Å². The Bertz CT molecular complexity index is 439. The Morgan fingerprint density at radius 2 is 1.88 bits per heavy atom. The van der Waals surface area contributed by atoms with Gasteiger partial charge in [-0.05, 0) is 18.1 Å². The molecule has 0 aliphatic heterocycles. The molecule has 1 atom stereocenters. The maximum absolute atomic E-state index is 10.5. The van der Waals surface area contributed by atoms with Gasteiger partial charge in [0.1, 0.15) is 0 Å². The van der Waals surface area contributed by atoms with Crippen molar-refractivity contribution in [3.05, 3.63) is 58.6 Å². The second-order valence-corrected chi connectivity index (χ2v) is 5.09. The van der Waals surface area contributed by atoms with Crippen LogP contribution in [0, 0.1) is 5.41 Å². The minimum Gasteiger partial charge on any atom is -0.395 e. The lowest BCUT2D eigenvalue weighted by Crippen LogP contribution is -2.30. The van der Waals surface area contributed by atoms with Crippen LogP contribution in [0.25, 0.3) is 0 Å². The van der Waals surface area contributed by atoms with E-state index in [-0.39, 0.29) is 6.61 Å². The first-order valence-corrected chi connectivity index (χ1v) is 6.38. The summed E-state index contributed by atoms with van der Waals surface area (Å²) in [5.74, 6) is 0. The van der Waals surface area contributed by atoms with E-state index >= 15 is 0 Å². The monoisotopic (exact) mass is 294 g/mol. The van der Waals surface area contributed by atoms with Crippen molar-refractivity contribution in [3.63, 3.8) is 0 Å². The summed E-state index contributed by atoms with van der Waals surface area (Å²) in [5.41, 5.74) is 0.0834. The standard InChI is InChI=1S/C14H15BrO2/c15-12-7-3-2-6-11(12)13(17)14(10-16)8-4-1-5-9-14/h2-9,13,16-17H,1,10H2/t13-/m1/s1. The first-order valence-electron chi connectivity index (χ1n) is 5.58. The number of aliphatic hydroxyl groups excluding tert-OH is 2. The third-order valence-corrected chi connectivity index (χ3v) is 3.83. The Hall–Kier alpha value is -0.900. The molecule has 2 nitrogen and oxygen atoms in total. The van der Waals surface area contributed by atoms with Crippen LogP contribution in [0.15, 0.2) is 53.0 Å². The molecule has 0 bridgehead atoms. The zero-order valence-corrected chi connectivity index (χ0v) is 11.0. The molecular formula is C14H15BrO2. The molecule has 0 unspecified atom stereocenters. The van der Waals surface area contributed by atoms with Crippen molar-refractivity contribution < 1.29 is 10.2 Å². The van der Waals surface area contributed by atoms with Gasteiger partial charge in [0, 0.05) is 4.47 Å². The molecule has 1 aromatic carbocycles. The lowest BCUT2D eigenvalue weighted by atomic mass is 9.77. The Balaban J connectivity index is 2.39. The number of hydrogen-bond donors (Lipinski definition) is 2. The smallest absolute Gasteiger partial charge is 0.0948 e. The van der Waals surface area contributed by atoms with Crippen LogP contribution in [0.1, 0.15) is 18.1 Å². The molecule has 0 saturated carbocycles. The Labute approximate surface area is 109 Å². The Morgan fingerprint density at radius 3 is 2.47 bits per heavy atom. The molecule has 0 aromatic heterocycles. The van der Waals surface area contributed by atoms with Gasteiger partial charge in [-0.1, -0.05) is 58.4 Å². The molecule has 0 heterocycles. The fraction of sp³-hybridized carbons (Fsp3) is 0.286. The van der Waals surface area contributed by atoms with Crippen molar-refractivity contribution >= 4 is 15.9 Å². The van der Waals surface area contributed by atoms with E-state index in [0.717, 1.165) is 16.5 Å². The summed E-state index contributed by atoms with van der Waals surface area (Å²) in [4.78, 5) is 0. The number of rotatable bonds is 3. The molecule has 0 radical (unpaired) electrons. The lowest BCUT2D eigenvalue weighted by Gasteiger charge is -2.33. The number of halogens is 1. The van der Waals surface area contributed by atoms with Gasteiger partial charge in [0.05, 0.1) is 18.1 Å². The second kappa shape index (κ2) is 5.17. The predicted molar refractivity (Wildman–Crippen MR) is 71.5 cm³/mol. The van der Waals surface area contributed by atoms with Crippen molar-refractivity contribution in [1.82, 2.24) is 0 Å². The van der Waals surface area contributed by atoms with Crippen molar-refractivity contribution in [2.75, 3.05) is 6.61 Å². The van der Waals surface area contributed by atoms with Crippen molar-refractivity contribution in [3.8, 4) is 0 Å². The molecule has 90 valence electrons. The maximum Gasteiger partial charge on any atom is 0.0948 e. The van der Waals surface area contributed by atoms with Crippen LogP contribution in [0.3, 0.4) is 0 Å². The van der Waals surface area contributed by atoms with E-state index in [1.807, 2.05) is 48.6 Å². The van der Waals surface area contributed by atoms with Gasteiger partial charge < -0.3 is 10.2 Å². The van der Waals surface area contributed by atoms with E-state index in [2.05, 4.69) is 15.9 Å². The van der Waals surface area contributed by atoms with Crippen LogP contribution in [0.2, 0.25) is 0 Å². The first kappa shape index (κ1) is 12.6. The molecule has 0 fully saturated rings. The number of benzene rings is 1. The topological polar surface area (TPSA) is 40.5 Å². The minimum atomic E-state index is -0.754. The molecule has 2 N–H and O–H groups in total. The Morgan fingerprint density at radius 1 is 1.24 bits per heavy atom. The number of aliphatic hydroxyl groups is 2. The summed E-state index contributed by atoms with van der Waals surface area (Å²) >= 11 is 3.43. The normalized spacial score (nSPS) is 19.2. The van der Waals surface area contributed by atoms with Gasteiger partial charge in [-0.25, -0.2) is 0 Å². The van der Waals surface area contributed by atoms with E-state index in [1.54, 1.807) is 0 Å². The van der Waals surface area contributed by atoms with Gasteiger partial charge in [-0.2, -0.15) is 0 Å². The fourth-order valence-corrected chi connectivity index (χ4v) is 2.57. The summed E-state index contributed by atoms with van der Waals surface area (Å²) in [6, 6.07) is 7.53.